The van der Waals surface area contributed by atoms with E-state index in [0.717, 1.165) is 12.1 Å². The van der Waals surface area contributed by atoms with Gasteiger partial charge < -0.3 is 10.1 Å². The highest BCUT2D eigenvalue weighted by atomic mass is 19.1. The summed E-state index contributed by atoms with van der Waals surface area (Å²) in [6.45, 7) is 0. The van der Waals surface area contributed by atoms with Crippen LogP contribution in [-0.4, -0.2) is 24.0 Å². The van der Waals surface area contributed by atoms with Crippen LogP contribution in [0, 0.1) is 11.6 Å². The van der Waals surface area contributed by atoms with Gasteiger partial charge in [0.25, 0.3) is 5.91 Å². The van der Waals surface area contributed by atoms with Crippen LogP contribution in [0.15, 0.2) is 36.5 Å². The number of hydrogen-bond donors (Lipinski definition) is 1. The van der Waals surface area contributed by atoms with Crippen LogP contribution in [0.5, 0.6) is 0 Å². The van der Waals surface area contributed by atoms with Gasteiger partial charge in [-0.25, -0.2) is 13.6 Å². The Labute approximate surface area is 118 Å². The lowest BCUT2D eigenvalue weighted by Crippen LogP contribution is -2.15. The van der Waals surface area contributed by atoms with Crippen molar-refractivity contribution in [2.45, 2.75) is 0 Å². The lowest BCUT2D eigenvalue weighted by molar-refractivity contribution is 0.0600. The average Bonchev–Trinajstić information content (AvgIpc) is 2.49. The number of benzene rings is 1. The molecule has 21 heavy (non-hydrogen) atoms. The molecule has 0 aliphatic rings. The summed E-state index contributed by atoms with van der Waals surface area (Å²) in [5.74, 6) is -2.91. The van der Waals surface area contributed by atoms with Crippen molar-refractivity contribution in [3.63, 3.8) is 0 Å². The normalized spacial score (nSPS) is 10.0. The monoisotopic (exact) mass is 292 g/mol. The first-order chi connectivity index (χ1) is 10.0. The number of rotatable bonds is 3. The van der Waals surface area contributed by atoms with Gasteiger partial charge in [-0.3, -0.25) is 9.78 Å². The van der Waals surface area contributed by atoms with Gasteiger partial charge in [-0.05, 0) is 24.3 Å². The number of nitrogens with one attached hydrogen (secondary N) is 1. The number of carbonyl (C=O) groups is 2. The van der Waals surface area contributed by atoms with Gasteiger partial charge in [-0.2, -0.15) is 0 Å². The predicted octanol–water partition coefficient (Wildman–Crippen LogP) is 2.40. The third kappa shape index (κ3) is 3.38. The maximum Gasteiger partial charge on any atom is 0.339 e. The maximum atomic E-state index is 13.4. The van der Waals surface area contributed by atoms with Gasteiger partial charge in [0.1, 0.15) is 17.3 Å². The fourth-order valence-corrected chi connectivity index (χ4v) is 1.54. The number of anilines is 1. The van der Waals surface area contributed by atoms with Crippen molar-refractivity contribution in [1.29, 1.82) is 0 Å². The number of aromatic nitrogens is 1. The Balaban J connectivity index is 2.15. The summed E-state index contributed by atoms with van der Waals surface area (Å²) in [5.41, 5.74) is -0.00589. The Morgan fingerprint density at radius 2 is 1.95 bits per heavy atom. The van der Waals surface area contributed by atoms with Crippen LogP contribution in [0.3, 0.4) is 0 Å². The lowest BCUT2D eigenvalue weighted by atomic mass is 10.2. The molecule has 0 atom stereocenters. The first-order valence-corrected chi connectivity index (χ1v) is 5.82. The average molecular weight is 292 g/mol. The van der Waals surface area contributed by atoms with Gasteiger partial charge in [0.05, 0.1) is 18.4 Å². The van der Waals surface area contributed by atoms with Gasteiger partial charge in [-0.15, -0.1) is 0 Å². The van der Waals surface area contributed by atoms with Crippen LogP contribution in [0.2, 0.25) is 0 Å². The highest BCUT2D eigenvalue weighted by Crippen LogP contribution is 2.15. The van der Waals surface area contributed by atoms with E-state index in [4.69, 9.17) is 0 Å². The molecular weight excluding hydrogens is 282 g/mol. The molecule has 2 rings (SSSR count). The molecule has 0 aliphatic carbocycles. The highest BCUT2D eigenvalue weighted by Gasteiger charge is 2.12. The van der Waals surface area contributed by atoms with Crippen molar-refractivity contribution in [3.8, 4) is 0 Å². The second-order valence-electron chi connectivity index (χ2n) is 4.00. The Morgan fingerprint density at radius 1 is 1.19 bits per heavy atom. The fraction of sp³-hybridized carbons (Fsp3) is 0.0714. The van der Waals surface area contributed by atoms with Crippen molar-refractivity contribution in [2.24, 2.45) is 0 Å². The zero-order valence-corrected chi connectivity index (χ0v) is 10.9. The molecule has 0 unspecified atom stereocenters. The third-order valence-corrected chi connectivity index (χ3v) is 2.60. The van der Waals surface area contributed by atoms with E-state index >= 15 is 0 Å². The molecule has 2 aromatic rings. The molecule has 7 heteroatoms. The van der Waals surface area contributed by atoms with Gasteiger partial charge in [0.2, 0.25) is 0 Å². The molecule has 1 aromatic carbocycles. The predicted molar refractivity (Wildman–Crippen MR) is 69.9 cm³/mol. The molecular formula is C14H10F2N2O3. The summed E-state index contributed by atoms with van der Waals surface area (Å²) in [6.07, 6.45) is 1.17. The lowest BCUT2D eigenvalue weighted by Gasteiger charge is -2.06. The Bertz CT molecular complexity index is 687. The van der Waals surface area contributed by atoms with Crippen LogP contribution in [0.25, 0.3) is 0 Å². The zero-order chi connectivity index (χ0) is 15.4. The molecule has 0 aliphatic heterocycles. The number of nitrogens with zero attached hydrogens (tertiary/aromatic N) is 1. The molecule has 1 heterocycles. The summed E-state index contributed by atoms with van der Waals surface area (Å²) < 4.78 is 30.7. The standard InChI is InChI=1S/C14H10F2N2O3/c1-21-14(20)8-2-4-12(17-7-8)13(19)18-11-5-3-9(15)6-10(11)16/h2-7H,1H3,(H,18,19). The Morgan fingerprint density at radius 3 is 2.52 bits per heavy atom. The summed E-state index contributed by atoms with van der Waals surface area (Å²) in [5, 5.41) is 2.26. The first kappa shape index (κ1) is 14.6. The van der Waals surface area contributed by atoms with Crippen molar-refractivity contribution in [2.75, 3.05) is 12.4 Å². The zero-order valence-electron chi connectivity index (χ0n) is 10.9. The van der Waals surface area contributed by atoms with E-state index in [1.807, 2.05) is 0 Å². The molecule has 1 N–H and O–H groups in total. The van der Waals surface area contributed by atoms with Gasteiger partial charge >= 0.3 is 5.97 Å². The molecule has 0 radical (unpaired) electrons. The number of esters is 1. The van der Waals surface area contributed by atoms with Crippen molar-refractivity contribution >= 4 is 17.6 Å². The molecule has 5 nitrogen and oxygen atoms in total. The van der Waals surface area contributed by atoms with Crippen molar-refractivity contribution in [3.05, 3.63) is 59.4 Å². The first-order valence-electron chi connectivity index (χ1n) is 5.82. The topological polar surface area (TPSA) is 68.3 Å². The molecule has 0 bridgehead atoms. The summed E-state index contributed by atoms with van der Waals surface area (Å²) in [7, 11) is 1.22. The number of carbonyl (C=O) groups excluding carboxylic acids is 2. The number of hydrogen-bond acceptors (Lipinski definition) is 4. The van der Waals surface area contributed by atoms with Gasteiger partial charge in [0.15, 0.2) is 0 Å². The van der Waals surface area contributed by atoms with Gasteiger partial charge in [0, 0.05) is 12.3 Å². The molecule has 0 fully saturated rings. The Kier molecular flexibility index (Phi) is 4.22. The van der Waals surface area contributed by atoms with Crippen LogP contribution in [0.1, 0.15) is 20.8 Å². The smallest absolute Gasteiger partial charge is 0.339 e. The number of amides is 1. The fourth-order valence-electron chi connectivity index (χ4n) is 1.54. The van der Waals surface area contributed by atoms with E-state index in [1.54, 1.807) is 0 Å². The second-order valence-corrected chi connectivity index (χ2v) is 4.00. The van der Waals surface area contributed by atoms with E-state index in [0.29, 0.717) is 6.07 Å². The summed E-state index contributed by atoms with van der Waals surface area (Å²) >= 11 is 0. The van der Waals surface area contributed by atoms with E-state index in [2.05, 4.69) is 15.0 Å². The van der Waals surface area contributed by atoms with Crippen LogP contribution in [-0.2, 0) is 4.74 Å². The van der Waals surface area contributed by atoms with Crippen LogP contribution < -0.4 is 5.32 Å². The molecule has 0 saturated carbocycles. The van der Waals surface area contributed by atoms with E-state index in [-0.39, 0.29) is 16.9 Å². The quantitative estimate of drug-likeness (QED) is 0.882. The minimum absolute atomic E-state index is 0.0219. The number of halogens is 2. The SMILES string of the molecule is COC(=O)c1ccc(C(=O)Nc2ccc(F)cc2F)nc1. The van der Waals surface area contributed by atoms with Gasteiger partial charge in [-0.1, -0.05) is 0 Å². The van der Waals surface area contributed by atoms with Crippen molar-refractivity contribution < 1.29 is 23.1 Å². The van der Waals surface area contributed by atoms with E-state index in [9.17, 15) is 18.4 Å². The molecule has 1 aromatic heterocycles. The molecule has 0 saturated heterocycles. The van der Waals surface area contributed by atoms with E-state index < -0.39 is 23.5 Å². The summed E-state index contributed by atoms with van der Waals surface area (Å²) in [6, 6.07) is 5.43. The summed E-state index contributed by atoms with van der Waals surface area (Å²) in [4.78, 5) is 26.8. The maximum absolute atomic E-state index is 13.4. The Hall–Kier alpha value is -2.83. The second kappa shape index (κ2) is 6.08. The van der Waals surface area contributed by atoms with Crippen LogP contribution >= 0.6 is 0 Å². The minimum atomic E-state index is -0.894. The third-order valence-electron chi connectivity index (χ3n) is 2.60. The molecule has 108 valence electrons. The highest BCUT2D eigenvalue weighted by molar-refractivity contribution is 6.03. The van der Waals surface area contributed by atoms with Crippen LogP contribution in [0.4, 0.5) is 14.5 Å². The number of methoxy groups -OCH3 is 1. The number of ether oxygens (including phenoxy) is 1. The molecule has 0 spiro atoms. The molecule has 1 amide bonds. The largest absolute Gasteiger partial charge is 0.465 e. The number of pyridine rings is 1. The minimum Gasteiger partial charge on any atom is -0.465 e. The van der Waals surface area contributed by atoms with Crippen molar-refractivity contribution in [1.82, 2.24) is 4.98 Å². The van der Waals surface area contributed by atoms with E-state index in [1.165, 1.54) is 25.4 Å².